The minimum atomic E-state index is -3.22. The number of halogens is 7. The fourth-order valence-corrected chi connectivity index (χ4v) is 9.59. The lowest BCUT2D eigenvalue weighted by atomic mass is 10.0. The van der Waals surface area contributed by atoms with Crippen LogP contribution in [-0.4, -0.2) is 99.9 Å². The van der Waals surface area contributed by atoms with Crippen LogP contribution >= 0.6 is 50.5 Å². The van der Waals surface area contributed by atoms with Crippen LogP contribution in [0.5, 0.6) is 0 Å². The van der Waals surface area contributed by atoms with Gasteiger partial charge in [0.15, 0.2) is 16.9 Å². The fraction of sp³-hybridized carbons (Fsp3) is 0.196. The summed E-state index contributed by atoms with van der Waals surface area (Å²) in [5, 5.41) is 21.6. The number of anilines is 1. The summed E-state index contributed by atoms with van der Waals surface area (Å²) < 4.78 is 68.9. The van der Waals surface area contributed by atoms with Crippen molar-refractivity contribution in [2.24, 2.45) is 0 Å². The molecule has 0 radical (unpaired) electrons. The Morgan fingerprint density at radius 2 is 1.02 bits per heavy atom. The van der Waals surface area contributed by atoms with Gasteiger partial charge >= 0.3 is 5.20 Å². The second-order valence-electron chi connectivity index (χ2n) is 18.7. The molecule has 19 nitrogen and oxygen atoms in total. The minimum absolute atomic E-state index is 0.222. The molecule has 0 bridgehead atoms. The van der Waals surface area contributed by atoms with Gasteiger partial charge in [-0.05, 0) is 143 Å². The van der Waals surface area contributed by atoms with Crippen molar-refractivity contribution in [3.63, 3.8) is 0 Å². The van der Waals surface area contributed by atoms with Gasteiger partial charge < -0.3 is 9.64 Å². The first-order chi connectivity index (χ1) is 39.6. The van der Waals surface area contributed by atoms with Gasteiger partial charge in [0, 0.05) is 133 Å². The van der Waals surface area contributed by atoms with Crippen LogP contribution < -0.4 is 10.5 Å². The molecule has 0 atom stereocenters. The Hall–Kier alpha value is -8.11. The van der Waals surface area contributed by atoms with E-state index in [2.05, 4.69) is 81.0 Å². The normalized spacial score (nSPS) is 11.4. The summed E-state index contributed by atoms with van der Waals surface area (Å²) in [4.78, 5) is 27.8. The van der Waals surface area contributed by atoms with Crippen molar-refractivity contribution in [3.05, 3.63) is 195 Å². The molecule has 9 aromatic heterocycles. The number of nitrogens with zero attached hydrogens (tertiary/aromatic N) is 15. The summed E-state index contributed by atoms with van der Waals surface area (Å²) in [5.41, 5.74) is 10.8. The zero-order valence-electron chi connectivity index (χ0n) is 45.8. The second-order valence-corrected chi connectivity index (χ2v) is 25.7. The lowest BCUT2D eigenvalue weighted by Crippen LogP contribution is -2.29. The van der Waals surface area contributed by atoms with Crippen molar-refractivity contribution in [1.29, 1.82) is 0 Å². The molecule has 9 heterocycles. The first-order valence-electron chi connectivity index (χ1n) is 25.4. The first kappa shape index (κ1) is 59.5. The highest BCUT2D eigenvalue weighted by Gasteiger charge is 2.23. The van der Waals surface area contributed by atoms with Gasteiger partial charge in [-0.2, -0.15) is 30.0 Å². The zero-order chi connectivity index (χ0) is 59.4. The molecule has 3 aromatic carbocycles. The van der Waals surface area contributed by atoms with E-state index in [1.807, 2.05) is 45.9 Å². The third-order valence-electron chi connectivity index (χ3n) is 12.9. The van der Waals surface area contributed by atoms with E-state index in [0.717, 1.165) is 36.0 Å². The van der Waals surface area contributed by atoms with E-state index in [9.17, 15) is 18.1 Å². The van der Waals surface area contributed by atoms with Crippen molar-refractivity contribution in [2.45, 2.75) is 48.5 Å². The van der Waals surface area contributed by atoms with E-state index in [1.165, 1.54) is 33.3 Å². The van der Waals surface area contributed by atoms with Gasteiger partial charge in [-0.3, -0.25) is 14.5 Å². The van der Waals surface area contributed by atoms with E-state index in [1.54, 1.807) is 125 Å². The molecule has 0 fully saturated rings. The Labute approximate surface area is 492 Å². The lowest BCUT2D eigenvalue weighted by molar-refractivity contribution is 0.205. The van der Waals surface area contributed by atoms with E-state index < -0.39 is 11.0 Å². The van der Waals surface area contributed by atoms with E-state index in [4.69, 9.17) is 26.4 Å². The third kappa shape index (κ3) is 13.2. The first-order valence-corrected chi connectivity index (χ1v) is 30.2. The average molecular weight is 1230 g/mol. The Bertz CT molecular complexity index is 4380. The summed E-state index contributed by atoms with van der Waals surface area (Å²) >= 11 is 20.1. The molecule has 27 heteroatoms. The molecular formula is C56H52Cl4F3N16O3P. The summed E-state index contributed by atoms with van der Waals surface area (Å²) in [5.74, 6) is -0.179. The van der Waals surface area contributed by atoms with Crippen molar-refractivity contribution >= 4 is 73.3 Å². The highest BCUT2D eigenvalue weighted by Crippen LogP contribution is 2.61. The van der Waals surface area contributed by atoms with Crippen LogP contribution in [0.25, 0.3) is 67.4 Å². The standard InChI is InChI=1S/C22H25FN6O.C17H13ClFN5.C17H14FN5O.Cl3OP/c1-5-27(11-12-30-4)20-13-15(2)25-22-21(16(3)26-29(20)22)18-8-7-17(14-19(18)23)28-10-6-9-24-28;1-10-8-15(18)24-17(21-10)16(11(2)22-24)13-5-4-12(9-14(13)19)23-7-3-6-20-23;1-10-8-15(24)23-17(20-10)16(11(2)21-23)13-5-4-12(9-14(13)18)22-7-3-6-19-22;1-5(2,3)4/h6-10,13-14H,5,11-12H2,1-4H3;3-9H,1-2H3;3-9,21H,1-2H3;. The monoisotopic (exact) mass is 1220 g/mol. The van der Waals surface area contributed by atoms with Gasteiger partial charge in [-0.15, -0.1) is 0 Å². The molecule has 0 aliphatic carbocycles. The van der Waals surface area contributed by atoms with E-state index in [-0.39, 0.29) is 17.2 Å². The van der Waals surface area contributed by atoms with Crippen molar-refractivity contribution in [1.82, 2.24) is 73.1 Å². The van der Waals surface area contributed by atoms with Crippen LogP contribution in [0.1, 0.15) is 41.1 Å². The summed E-state index contributed by atoms with van der Waals surface area (Å²) in [6.07, 6.45) is 10.2. The topological polar surface area (TPSA) is 194 Å². The SMILES string of the molecule is CCN(CCOC)c1cc(C)nc2c(-c3ccc(-n4cccn4)cc3F)c(C)nn12.Cc1cc(=O)n2[nH]c(C)c(-c3ccc(-n4cccn4)cc3F)c2n1.Cc1cc(Cl)n2nc(C)c(-c3ccc(-n4cccn4)cc3F)c2n1.O=P(Cl)(Cl)Cl. The van der Waals surface area contributed by atoms with Crippen molar-refractivity contribution < 1.29 is 22.5 Å². The van der Waals surface area contributed by atoms with Crippen LogP contribution in [0, 0.1) is 59.0 Å². The number of hydrogen-bond donors (Lipinski definition) is 1. The molecule has 0 aliphatic heterocycles. The number of ether oxygens (including phenoxy) is 1. The Morgan fingerprint density at radius 1 is 0.602 bits per heavy atom. The fourth-order valence-electron chi connectivity index (χ4n) is 9.32. The molecule has 0 saturated carbocycles. The Morgan fingerprint density at radius 3 is 1.46 bits per heavy atom. The van der Waals surface area contributed by atoms with Crippen LogP contribution in [0.3, 0.4) is 0 Å². The number of methoxy groups -OCH3 is 1. The number of H-pyrrole nitrogens is 1. The van der Waals surface area contributed by atoms with Crippen LogP contribution in [0.4, 0.5) is 19.0 Å². The molecule has 0 saturated heterocycles. The average Bonchev–Trinajstić information content (AvgIpc) is 2.91. The Balaban J connectivity index is 0.000000145. The molecule has 12 rings (SSSR count). The molecule has 83 heavy (non-hydrogen) atoms. The van der Waals surface area contributed by atoms with Crippen molar-refractivity contribution in [3.8, 4) is 50.4 Å². The molecule has 0 unspecified atom stereocenters. The smallest absolute Gasteiger partial charge is 0.339 e. The molecular weight excluding hydrogens is 1170 g/mol. The number of fused-ring (bicyclic) bond motifs is 3. The van der Waals surface area contributed by atoms with E-state index in [0.29, 0.717) is 96.2 Å². The van der Waals surface area contributed by atoms with Gasteiger partial charge in [-0.25, -0.2) is 51.2 Å². The third-order valence-corrected chi connectivity index (χ3v) is 13.2. The van der Waals surface area contributed by atoms with Gasteiger partial charge in [0.1, 0.15) is 28.4 Å². The number of aryl methyl sites for hydroxylation is 6. The van der Waals surface area contributed by atoms with Gasteiger partial charge in [-0.1, -0.05) is 11.6 Å². The highest BCUT2D eigenvalue weighted by molar-refractivity contribution is 8.24. The molecule has 0 aliphatic rings. The second kappa shape index (κ2) is 25.2. The predicted molar refractivity (Wildman–Crippen MR) is 318 cm³/mol. The van der Waals surface area contributed by atoms with Crippen molar-refractivity contribution in [2.75, 3.05) is 31.7 Å². The number of hydrogen-bond acceptors (Lipinski definition) is 12. The molecule has 428 valence electrons. The Kier molecular flexibility index (Phi) is 18.0. The summed E-state index contributed by atoms with van der Waals surface area (Å²) in [6, 6.07) is 25.5. The molecule has 1 N–H and O–H groups in total. The van der Waals surface area contributed by atoms with Crippen LogP contribution in [0.2, 0.25) is 5.15 Å². The minimum Gasteiger partial charge on any atom is -0.383 e. The van der Waals surface area contributed by atoms with E-state index >= 15 is 4.39 Å². The maximum absolute atomic E-state index is 15.2. The maximum Gasteiger partial charge on any atom is 0.339 e. The number of likely N-dealkylation sites (N-methyl/N-ethyl adjacent to an activating group) is 1. The van der Waals surface area contributed by atoms with Crippen LogP contribution in [-0.2, 0) is 9.30 Å². The van der Waals surface area contributed by atoms with Gasteiger partial charge in [0.2, 0.25) is 0 Å². The number of aromatic amines is 1. The summed E-state index contributed by atoms with van der Waals surface area (Å²) in [7, 11) is 1.69. The maximum atomic E-state index is 15.2. The lowest BCUT2D eigenvalue weighted by Gasteiger charge is -2.23. The number of rotatable bonds is 11. The largest absolute Gasteiger partial charge is 0.383 e. The number of nitrogens with one attached hydrogen (secondary N) is 1. The van der Waals surface area contributed by atoms with Crippen LogP contribution in [0.15, 0.2) is 133 Å². The molecule has 12 aromatic rings. The molecule has 0 spiro atoms. The van der Waals surface area contributed by atoms with Gasteiger partial charge in [0.05, 0.1) is 46.2 Å². The molecule has 0 amide bonds. The number of aromatic nitrogens is 15. The summed E-state index contributed by atoms with van der Waals surface area (Å²) in [6.45, 7) is 15.2. The zero-order valence-corrected chi connectivity index (χ0v) is 49.7. The quantitative estimate of drug-likeness (QED) is 0.0953. The highest BCUT2D eigenvalue weighted by atomic mass is 36.0. The predicted octanol–water partition coefficient (Wildman–Crippen LogP) is 13.2. The van der Waals surface area contributed by atoms with Gasteiger partial charge in [0.25, 0.3) is 5.56 Å². The number of benzene rings is 3.